The Hall–Kier alpha value is -0.520. The van der Waals surface area contributed by atoms with Crippen molar-refractivity contribution in [3.63, 3.8) is 0 Å². The molecule has 14 heavy (non-hydrogen) atoms. The topological polar surface area (TPSA) is 64.9 Å². The van der Waals surface area contributed by atoms with Gasteiger partial charge in [0.05, 0.1) is 6.04 Å². The summed E-state index contributed by atoms with van der Waals surface area (Å²) in [6.45, 7) is 7.54. The molecule has 0 radical (unpaired) electrons. The molecule has 1 aromatic rings. The van der Waals surface area contributed by atoms with Gasteiger partial charge in [-0.25, -0.2) is 0 Å². The molecule has 0 aliphatic heterocycles. The van der Waals surface area contributed by atoms with Gasteiger partial charge in [0.1, 0.15) is 0 Å². The third kappa shape index (κ3) is 4.13. The van der Waals surface area contributed by atoms with E-state index >= 15 is 0 Å². The molecule has 1 atom stereocenters. The third-order valence-corrected chi connectivity index (χ3v) is 2.30. The minimum atomic E-state index is -0.202. The zero-order valence-electron chi connectivity index (χ0n) is 8.19. The molecule has 1 unspecified atom stereocenters. The van der Waals surface area contributed by atoms with E-state index in [2.05, 4.69) is 16.8 Å². The van der Waals surface area contributed by atoms with Crippen LogP contribution in [0.4, 0.5) is 0 Å². The van der Waals surface area contributed by atoms with Crippen LogP contribution < -0.4 is 5.73 Å². The number of thioether (sulfide) groups is 1. The van der Waals surface area contributed by atoms with Gasteiger partial charge in [-0.3, -0.25) is 0 Å². The Bertz CT molecular complexity index is 301. The van der Waals surface area contributed by atoms with Gasteiger partial charge in [0.15, 0.2) is 0 Å². The molecule has 80 valence electrons. The number of aromatic nitrogens is 2. The zero-order chi connectivity index (χ0) is 9.84. The fourth-order valence-electron chi connectivity index (χ4n) is 0.648. The van der Waals surface area contributed by atoms with Gasteiger partial charge in [-0.15, -0.1) is 22.6 Å². The molecule has 0 fully saturated rings. The van der Waals surface area contributed by atoms with Crippen LogP contribution in [0, 0.1) is 0 Å². The standard InChI is InChI=1S/C8H13N3OS.ClH/c1-5(2)4-13-8-11-10-7(12-8)6(3)9;/h6H,1,4,9H2,2-3H3;1H. The lowest BCUT2D eigenvalue weighted by molar-refractivity contribution is 0.394. The van der Waals surface area contributed by atoms with Gasteiger partial charge >= 0.3 is 0 Å². The summed E-state index contributed by atoms with van der Waals surface area (Å²) in [4.78, 5) is 0. The molecule has 0 amide bonds. The Morgan fingerprint density at radius 2 is 2.29 bits per heavy atom. The van der Waals surface area contributed by atoms with Crippen LogP contribution in [-0.4, -0.2) is 16.0 Å². The molecule has 0 bridgehead atoms. The van der Waals surface area contributed by atoms with Crippen LogP contribution in [0.3, 0.4) is 0 Å². The summed E-state index contributed by atoms with van der Waals surface area (Å²) in [7, 11) is 0. The molecule has 1 heterocycles. The quantitative estimate of drug-likeness (QED) is 0.640. The Morgan fingerprint density at radius 3 is 2.71 bits per heavy atom. The highest BCUT2D eigenvalue weighted by atomic mass is 35.5. The Morgan fingerprint density at radius 1 is 1.64 bits per heavy atom. The molecule has 1 aromatic heterocycles. The molecule has 0 aromatic carbocycles. The minimum absolute atomic E-state index is 0. The van der Waals surface area contributed by atoms with Crippen molar-refractivity contribution >= 4 is 24.2 Å². The first-order chi connectivity index (χ1) is 6.09. The van der Waals surface area contributed by atoms with E-state index in [1.807, 2.05) is 6.92 Å². The highest BCUT2D eigenvalue weighted by Gasteiger charge is 2.09. The zero-order valence-corrected chi connectivity index (χ0v) is 9.82. The summed E-state index contributed by atoms with van der Waals surface area (Å²) >= 11 is 1.47. The highest BCUT2D eigenvalue weighted by Crippen LogP contribution is 2.19. The van der Waals surface area contributed by atoms with Crippen LogP contribution in [0.15, 0.2) is 21.8 Å². The van der Waals surface area contributed by atoms with E-state index in [-0.39, 0.29) is 18.4 Å². The maximum absolute atomic E-state index is 5.56. The Balaban J connectivity index is 0.00000169. The number of hydrogen-bond acceptors (Lipinski definition) is 5. The maximum Gasteiger partial charge on any atom is 0.276 e. The van der Waals surface area contributed by atoms with Gasteiger partial charge in [-0.1, -0.05) is 23.9 Å². The second kappa shape index (κ2) is 6.06. The van der Waals surface area contributed by atoms with Crippen molar-refractivity contribution in [2.75, 3.05) is 5.75 Å². The van der Waals surface area contributed by atoms with Gasteiger partial charge in [0.2, 0.25) is 5.89 Å². The largest absolute Gasteiger partial charge is 0.414 e. The van der Waals surface area contributed by atoms with Crippen molar-refractivity contribution in [3.8, 4) is 0 Å². The number of nitrogens with two attached hydrogens (primary N) is 1. The Labute approximate surface area is 93.7 Å². The summed E-state index contributed by atoms with van der Waals surface area (Å²) in [5.41, 5.74) is 6.63. The predicted octanol–water partition coefficient (Wildman–Crippen LogP) is 2.18. The molecule has 4 nitrogen and oxygen atoms in total. The van der Waals surface area contributed by atoms with Gasteiger partial charge in [-0.2, -0.15) is 0 Å². The number of halogens is 1. The molecular formula is C8H14ClN3OS. The second-order valence-electron chi connectivity index (χ2n) is 2.94. The van der Waals surface area contributed by atoms with Crippen LogP contribution in [0.25, 0.3) is 0 Å². The highest BCUT2D eigenvalue weighted by molar-refractivity contribution is 7.99. The lowest BCUT2D eigenvalue weighted by Crippen LogP contribution is -2.04. The van der Waals surface area contributed by atoms with Crippen LogP contribution in [-0.2, 0) is 0 Å². The van der Waals surface area contributed by atoms with Crippen LogP contribution in [0.1, 0.15) is 25.8 Å². The van der Waals surface area contributed by atoms with E-state index in [0.29, 0.717) is 11.1 Å². The lowest BCUT2D eigenvalue weighted by atomic mass is 10.4. The van der Waals surface area contributed by atoms with E-state index in [1.54, 1.807) is 6.92 Å². The molecular weight excluding hydrogens is 222 g/mol. The van der Waals surface area contributed by atoms with Gasteiger partial charge < -0.3 is 10.2 Å². The first kappa shape index (κ1) is 13.5. The van der Waals surface area contributed by atoms with Crippen LogP contribution in [0.5, 0.6) is 0 Å². The molecule has 0 aliphatic rings. The van der Waals surface area contributed by atoms with Crippen LogP contribution in [0.2, 0.25) is 0 Å². The SMILES string of the molecule is C=C(C)CSc1nnc(C(C)N)o1.Cl. The summed E-state index contributed by atoms with van der Waals surface area (Å²) in [5.74, 6) is 1.27. The van der Waals surface area contributed by atoms with Crippen molar-refractivity contribution in [3.05, 3.63) is 18.0 Å². The number of rotatable bonds is 4. The maximum atomic E-state index is 5.56. The van der Waals surface area contributed by atoms with Gasteiger partial charge in [0.25, 0.3) is 5.22 Å². The average Bonchev–Trinajstić information content (AvgIpc) is 2.48. The fourth-order valence-corrected chi connectivity index (χ4v) is 1.26. The molecule has 0 aliphatic carbocycles. The number of hydrogen-bond donors (Lipinski definition) is 1. The van der Waals surface area contributed by atoms with Crippen molar-refractivity contribution in [1.29, 1.82) is 0 Å². The van der Waals surface area contributed by atoms with Crippen LogP contribution >= 0.6 is 24.2 Å². The summed E-state index contributed by atoms with van der Waals surface area (Å²) in [5, 5.41) is 8.19. The normalized spacial score (nSPS) is 11.9. The lowest BCUT2D eigenvalue weighted by Gasteiger charge is -1.95. The third-order valence-electron chi connectivity index (χ3n) is 1.25. The van der Waals surface area contributed by atoms with Crippen molar-refractivity contribution in [2.45, 2.75) is 25.1 Å². The first-order valence-electron chi connectivity index (χ1n) is 3.95. The van der Waals surface area contributed by atoms with E-state index in [9.17, 15) is 0 Å². The molecule has 0 spiro atoms. The van der Waals surface area contributed by atoms with Gasteiger partial charge in [0, 0.05) is 5.75 Å². The summed E-state index contributed by atoms with van der Waals surface area (Å²) in [6.07, 6.45) is 0. The molecule has 0 saturated heterocycles. The predicted molar refractivity (Wildman–Crippen MR) is 59.7 cm³/mol. The smallest absolute Gasteiger partial charge is 0.276 e. The van der Waals surface area contributed by atoms with Crippen molar-refractivity contribution in [2.24, 2.45) is 5.73 Å². The van der Waals surface area contributed by atoms with Crippen molar-refractivity contribution in [1.82, 2.24) is 10.2 Å². The van der Waals surface area contributed by atoms with Gasteiger partial charge in [-0.05, 0) is 13.8 Å². The first-order valence-corrected chi connectivity index (χ1v) is 4.94. The van der Waals surface area contributed by atoms with E-state index in [1.165, 1.54) is 11.8 Å². The van der Waals surface area contributed by atoms with E-state index in [0.717, 1.165) is 11.3 Å². The van der Waals surface area contributed by atoms with Crippen molar-refractivity contribution < 1.29 is 4.42 Å². The Kier molecular flexibility index (Phi) is 5.83. The molecule has 6 heteroatoms. The monoisotopic (exact) mass is 235 g/mol. The second-order valence-corrected chi connectivity index (χ2v) is 3.87. The molecule has 2 N–H and O–H groups in total. The van der Waals surface area contributed by atoms with E-state index < -0.39 is 0 Å². The molecule has 0 saturated carbocycles. The minimum Gasteiger partial charge on any atom is -0.414 e. The molecule has 1 rings (SSSR count). The van der Waals surface area contributed by atoms with E-state index in [4.69, 9.17) is 10.2 Å². The summed E-state index contributed by atoms with van der Waals surface area (Å²) in [6, 6.07) is -0.202. The average molecular weight is 236 g/mol. The fraction of sp³-hybridized carbons (Fsp3) is 0.500. The summed E-state index contributed by atoms with van der Waals surface area (Å²) < 4.78 is 5.27. The number of nitrogens with zero attached hydrogens (tertiary/aromatic N) is 2.